The molecule has 1 unspecified atom stereocenters. The van der Waals surface area contributed by atoms with E-state index in [0.29, 0.717) is 43.4 Å². The van der Waals surface area contributed by atoms with Gasteiger partial charge in [0.05, 0.1) is 40.5 Å². The molecule has 0 N–H and O–H groups in total. The zero-order valence-corrected chi connectivity index (χ0v) is 22.1. The molecule has 4 aromatic rings. The van der Waals surface area contributed by atoms with Crippen LogP contribution < -0.4 is 19.6 Å². The Hall–Kier alpha value is -4.77. The van der Waals surface area contributed by atoms with E-state index in [0.717, 1.165) is 0 Å². The molecular formula is C28H23N3O7S. The maximum atomic E-state index is 13.7. The van der Waals surface area contributed by atoms with E-state index in [-0.39, 0.29) is 23.4 Å². The van der Waals surface area contributed by atoms with Gasteiger partial charge in [0.2, 0.25) is 0 Å². The quantitative estimate of drug-likeness (QED) is 0.195. The van der Waals surface area contributed by atoms with Crippen molar-refractivity contribution < 1.29 is 23.6 Å². The van der Waals surface area contributed by atoms with Crippen LogP contribution in [0.3, 0.4) is 0 Å². The third-order valence-electron chi connectivity index (χ3n) is 6.19. The summed E-state index contributed by atoms with van der Waals surface area (Å²) in [7, 11) is 1.56. The van der Waals surface area contributed by atoms with E-state index in [1.807, 2.05) is 0 Å². The van der Waals surface area contributed by atoms with Crippen molar-refractivity contribution in [2.24, 2.45) is 4.99 Å². The molecule has 5 rings (SSSR count). The number of benzene rings is 2. The number of hydrogen-bond donors (Lipinski definition) is 0. The Morgan fingerprint density at radius 1 is 1.21 bits per heavy atom. The van der Waals surface area contributed by atoms with Crippen LogP contribution >= 0.6 is 11.3 Å². The highest BCUT2D eigenvalue weighted by atomic mass is 32.1. The van der Waals surface area contributed by atoms with Gasteiger partial charge in [-0.25, -0.2) is 9.79 Å². The largest absolute Gasteiger partial charge is 0.497 e. The molecule has 2 aromatic carbocycles. The van der Waals surface area contributed by atoms with E-state index in [1.54, 1.807) is 75.6 Å². The number of carbonyl (C=O) groups excluding carboxylic acids is 1. The smallest absolute Gasteiger partial charge is 0.338 e. The van der Waals surface area contributed by atoms with Gasteiger partial charge < -0.3 is 13.9 Å². The summed E-state index contributed by atoms with van der Waals surface area (Å²) in [5.74, 6) is 0.918. The SMILES string of the molecule is CCOC(=O)C1=C(C)N=c2s/c(=C/c3ccc(-c4cccc([N+](=O)[O-])c4)o3)c(=O)n2C1c1ccc(OC)cc1. The highest BCUT2D eigenvalue weighted by molar-refractivity contribution is 7.07. The Balaban J connectivity index is 1.61. The van der Waals surface area contributed by atoms with Gasteiger partial charge in [-0.2, -0.15) is 0 Å². The molecule has 0 aliphatic carbocycles. The summed E-state index contributed by atoms with van der Waals surface area (Å²) in [5.41, 5.74) is 1.60. The normalized spacial score (nSPS) is 15.1. The van der Waals surface area contributed by atoms with E-state index >= 15 is 0 Å². The molecule has 1 aliphatic rings. The number of nitrogens with zero attached hydrogens (tertiary/aromatic N) is 3. The molecule has 0 amide bonds. The number of rotatable bonds is 7. The number of carbonyl (C=O) groups is 1. The minimum atomic E-state index is -0.745. The zero-order valence-electron chi connectivity index (χ0n) is 21.2. The lowest BCUT2D eigenvalue weighted by molar-refractivity contribution is -0.384. The first-order valence-corrected chi connectivity index (χ1v) is 12.8. The topological polar surface area (TPSA) is 126 Å². The molecule has 3 heterocycles. The van der Waals surface area contributed by atoms with Crippen molar-refractivity contribution in [1.82, 2.24) is 4.57 Å². The molecule has 10 nitrogen and oxygen atoms in total. The van der Waals surface area contributed by atoms with Crippen LogP contribution in [0.1, 0.15) is 31.2 Å². The van der Waals surface area contributed by atoms with Crippen molar-refractivity contribution in [3.63, 3.8) is 0 Å². The monoisotopic (exact) mass is 545 g/mol. The van der Waals surface area contributed by atoms with Gasteiger partial charge in [-0.1, -0.05) is 35.6 Å². The first kappa shape index (κ1) is 25.9. The molecule has 1 aliphatic heterocycles. The Bertz CT molecular complexity index is 1800. The standard InChI is InChI=1S/C28H23N3O7S/c1-4-37-27(33)24-16(2)29-28-30(25(24)17-8-10-20(36-3)11-9-17)26(32)23(39-28)15-21-12-13-22(38-21)18-6-5-7-19(14-18)31(34)35/h5-15,25H,4H2,1-3H3/b23-15+. The van der Waals surface area contributed by atoms with Gasteiger partial charge in [0, 0.05) is 23.8 Å². The average Bonchev–Trinajstić information content (AvgIpc) is 3.52. The molecule has 0 saturated heterocycles. The van der Waals surface area contributed by atoms with Crippen molar-refractivity contribution in [2.75, 3.05) is 13.7 Å². The Morgan fingerprint density at radius 2 is 1.97 bits per heavy atom. The van der Waals surface area contributed by atoms with Crippen LogP contribution in [0.5, 0.6) is 5.75 Å². The summed E-state index contributed by atoms with van der Waals surface area (Å²) in [6.45, 7) is 3.62. The number of methoxy groups -OCH3 is 1. The van der Waals surface area contributed by atoms with Crippen LogP contribution in [-0.2, 0) is 9.53 Å². The Morgan fingerprint density at radius 3 is 2.67 bits per heavy atom. The number of esters is 1. The highest BCUT2D eigenvalue weighted by Crippen LogP contribution is 2.32. The second-order valence-electron chi connectivity index (χ2n) is 8.58. The Labute approximate surface area is 225 Å². The van der Waals surface area contributed by atoms with Crippen LogP contribution in [0.15, 0.2) is 86.1 Å². The Kier molecular flexibility index (Phi) is 6.99. The van der Waals surface area contributed by atoms with Crippen molar-refractivity contribution >= 4 is 29.1 Å². The van der Waals surface area contributed by atoms with Gasteiger partial charge in [0.25, 0.3) is 11.2 Å². The van der Waals surface area contributed by atoms with E-state index in [4.69, 9.17) is 13.9 Å². The van der Waals surface area contributed by atoms with E-state index in [2.05, 4.69) is 4.99 Å². The third-order valence-corrected chi connectivity index (χ3v) is 7.17. The molecule has 0 radical (unpaired) electrons. The van der Waals surface area contributed by atoms with Gasteiger partial charge in [-0.15, -0.1) is 0 Å². The van der Waals surface area contributed by atoms with E-state index in [9.17, 15) is 19.7 Å². The fourth-order valence-corrected chi connectivity index (χ4v) is 5.41. The number of ether oxygens (including phenoxy) is 2. The maximum Gasteiger partial charge on any atom is 0.338 e. The molecule has 2 aromatic heterocycles. The van der Waals surface area contributed by atoms with Gasteiger partial charge >= 0.3 is 5.97 Å². The fraction of sp³-hybridized carbons (Fsp3) is 0.179. The summed E-state index contributed by atoms with van der Waals surface area (Å²) < 4.78 is 18.3. The highest BCUT2D eigenvalue weighted by Gasteiger charge is 2.33. The average molecular weight is 546 g/mol. The number of hydrogen-bond acceptors (Lipinski definition) is 9. The van der Waals surface area contributed by atoms with E-state index < -0.39 is 16.9 Å². The van der Waals surface area contributed by atoms with Crippen LogP contribution in [-0.4, -0.2) is 29.2 Å². The summed E-state index contributed by atoms with van der Waals surface area (Å²) in [5, 5.41) is 11.1. The minimum absolute atomic E-state index is 0.0509. The minimum Gasteiger partial charge on any atom is -0.497 e. The lowest BCUT2D eigenvalue weighted by Gasteiger charge is -2.24. The number of aromatic nitrogens is 1. The molecule has 0 bridgehead atoms. The zero-order chi connectivity index (χ0) is 27.7. The van der Waals surface area contributed by atoms with Crippen LogP contribution in [0.2, 0.25) is 0 Å². The van der Waals surface area contributed by atoms with Crippen molar-refractivity contribution in [3.05, 3.63) is 113 Å². The molecule has 0 spiro atoms. The third kappa shape index (κ3) is 4.91. The molecule has 0 fully saturated rings. The molecule has 11 heteroatoms. The number of furan rings is 1. The lowest BCUT2D eigenvalue weighted by Crippen LogP contribution is -2.39. The van der Waals surface area contributed by atoms with Crippen molar-refractivity contribution in [3.8, 4) is 17.1 Å². The number of allylic oxidation sites excluding steroid dienone is 1. The second-order valence-corrected chi connectivity index (χ2v) is 9.59. The number of nitro groups is 1. The summed E-state index contributed by atoms with van der Waals surface area (Å²) in [4.78, 5) is 42.4. The number of nitro benzene ring substituents is 1. The summed E-state index contributed by atoms with van der Waals surface area (Å²) in [6, 6.07) is 15.9. The van der Waals surface area contributed by atoms with Crippen LogP contribution in [0.25, 0.3) is 17.4 Å². The number of thiazole rings is 1. The predicted octanol–water partition coefficient (Wildman–Crippen LogP) is 3.98. The first-order valence-electron chi connectivity index (χ1n) is 12.0. The predicted molar refractivity (Wildman–Crippen MR) is 144 cm³/mol. The molecular weight excluding hydrogens is 522 g/mol. The van der Waals surface area contributed by atoms with Gasteiger partial charge in [-0.3, -0.25) is 19.5 Å². The summed E-state index contributed by atoms with van der Waals surface area (Å²) >= 11 is 1.17. The second kappa shape index (κ2) is 10.5. The van der Waals surface area contributed by atoms with Gasteiger partial charge in [0.1, 0.15) is 17.3 Å². The van der Waals surface area contributed by atoms with Crippen molar-refractivity contribution in [1.29, 1.82) is 0 Å². The van der Waals surface area contributed by atoms with E-state index in [1.165, 1.54) is 28.0 Å². The molecule has 0 saturated carbocycles. The number of non-ortho nitro benzene ring substituents is 1. The molecule has 39 heavy (non-hydrogen) atoms. The summed E-state index contributed by atoms with van der Waals surface area (Å²) in [6.07, 6.45) is 1.60. The fourth-order valence-electron chi connectivity index (χ4n) is 4.38. The van der Waals surface area contributed by atoms with Gasteiger partial charge in [0.15, 0.2) is 4.80 Å². The first-order chi connectivity index (χ1) is 18.8. The maximum absolute atomic E-state index is 13.7. The van der Waals surface area contributed by atoms with Gasteiger partial charge in [-0.05, 0) is 43.7 Å². The lowest BCUT2D eigenvalue weighted by atomic mass is 9.96. The molecule has 1 atom stereocenters. The molecule has 198 valence electrons. The van der Waals surface area contributed by atoms with Crippen LogP contribution in [0.4, 0.5) is 5.69 Å². The van der Waals surface area contributed by atoms with Crippen LogP contribution in [0, 0.1) is 10.1 Å². The van der Waals surface area contributed by atoms with Crippen molar-refractivity contribution in [2.45, 2.75) is 19.9 Å². The number of fused-ring (bicyclic) bond motifs is 1.